The molecule has 0 saturated heterocycles. The van der Waals surface area contributed by atoms with Crippen molar-refractivity contribution in [2.45, 2.75) is 6.54 Å². The molecule has 2 heterocycles. The van der Waals surface area contributed by atoms with Gasteiger partial charge in [-0.3, -0.25) is 4.68 Å². The van der Waals surface area contributed by atoms with Crippen molar-refractivity contribution < 1.29 is 4.39 Å². The molecule has 0 spiro atoms. The van der Waals surface area contributed by atoms with Crippen molar-refractivity contribution in [1.82, 2.24) is 19.7 Å². The minimum atomic E-state index is -0.468. The summed E-state index contributed by atoms with van der Waals surface area (Å²) in [5.41, 5.74) is 0. The van der Waals surface area contributed by atoms with Crippen LogP contribution in [0.1, 0.15) is 0 Å². The molecule has 2 aromatic rings. The third kappa shape index (κ3) is 2.90. The molecule has 0 aromatic carbocycles. The lowest BCUT2D eigenvalue weighted by molar-refractivity contribution is 0.607. The van der Waals surface area contributed by atoms with Gasteiger partial charge in [0.25, 0.3) is 0 Å². The van der Waals surface area contributed by atoms with Gasteiger partial charge in [0.05, 0.1) is 12.7 Å². The van der Waals surface area contributed by atoms with E-state index in [4.69, 9.17) is 0 Å². The van der Waals surface area contributed by atoms with Gasteiger partial charge in [-0.05, 0) is 6.07 Å². The molecule has 0 amide bonds. The second kappa shape index (κ2) is 5.24. The van der Waals surface area contributed by atoms with Crippen LogP contribution in [-0.4, -0.2) is 33.3 Å². The number of hydrogen-bond donors (Lipinski definition) is 2. The van der Waals surface area contributed by atoms with Crippen molar-refractivity contribution in [3.05, 3.63) is 30.5 Å². The van der Waals surface area contributed by atoms with Gasteiger partial charge in [-0.15, -0.1) is 0 Å². The molecule has 0 unspecified atom stereocenters. The summed E-state index contributed by atoms with van der Waals surface area (Å²) in [6.07, 6.45) is 4.68. The highest BCUT2D eigenvalue weighted by Crippen LogP contribution is 2.10. The molecule has 7 heteroatoms. The molecule has 0 fully saturated rings. The predicted octanol–water partition coefficient (Wildman–Crippen LogP) is 0.966. The molecule has 0 radical (unpaired) electrons. The van der Waals surface area contributed by atoms with Crippen molar-refractivity contribution in [3.63, 3.8) is 0 Å². The Balaban J connectivity index is 1.94. The Labute approximate surface area is 97.9 Å². The molecule has 2 N–H and O–H groups in total. The van der Waals surface area contributed by atoms with Crippen LogP contribution < -0.4 is 10.6 Å². The number of anilines is 2. The summed E-state index contributed by atoms with van der Waals surface area (Å²) < 4.78 is 15.1. The van der Waals surface area contributed by atoms with E-state index in [1.807, 2.05) is 12.3 Å². The van der Waals surface area contributed by atoms with Crippen molar-refractivity contribution in [2.24, 2.45) is 0 Å². The van der Waals surface area contributed by atoms with Crippen LogP contribution in [0.25, 0.3) is 0 Å². The fourth-order valence-electron chi connectivity index (χ4n) is 1.33. The summed E-state index contributed by atoms with van der Waals surface area (Å²) in [5, 5.41) is 9.69. The van der Waals surface area contributed by atoms with Crippen LogP contribution in [0.2, 0.25) is 0 Å². The van der Waals surface area contributed by atoms with Crippen LogP contribution in [0, 0.1) is 5.82 Å². The zero-order chi connectivity index (χ0) is 12.1. The minimum Gasteiger partial charge on any atom is -0.366 e. The molecule has 0 aliphatic carbocycles. The van der Waals surface area contributed by atoms with E-state index in [0.717, 1.165) is 6.20 Å². The van der Waals surface area contributed by atoms with Gasteiger partial charge in [0.2, 0.25) is 5.95 Å². The fourth-order valence-corrected chi connectivity index (χ4v) is 1.33. The third-order valence-electron chi connectivity index (χ3n) is 2.16. The lowest BCUT2D eigenvalue weighted by atomic mass is 10.5. The Morgan fingerprint density at radius 3 is 3.06 bits per heavy atom. The van der Waals surface area contributed by atoms with E-state index in [1.54, 1.807) is 17.9 Å². The maximum absolute atomic E-state index is 13.3. The van der Waals surface area contributed by atoms with Crippen LogP contribution >= 0.6 is 0 Å². The van der Waals surface area contributed by atoms with Gasteiger partial charge in [-0.2, -0.15) is 10.1 Å². The second-order valence-electron chi connectivity index (χ2n) is 3.34. The first kappa shape index (κ1) is 11.3. The van der Waals surface area contributed by atoms with Crippen molar-refractivity contribution >= 4 is 11.8 Å². The highest BCUT2D eigenvalue weighted by molar-refractivity contribution is 5.40. The third-order valence-corrected chi connectivity index (χ3v) is 2.16. The summed E-state index contributed by atoms with van der Waals surface area (Å²) >= 11 is 0. The number of nitrogens with zero attached hydrogens (tertiary/aromatic N) is 4. The number of aromatic nitrogens is 4. The molecular formula is C10H13FN6. The summed E-state index contributed by atoms with van der Waals surface area (Å²) in [6, 6.07) is 1.84. The number of hydrogen-bond acceptors (Lipinski definition) is 5. The molecule has 0 aliphatic rings. The number of halogens is 1. The molecule has 17 heavy (non-hydrogen) atoms. The molecule has 0 bridgehead atoms. The van der Waals surface area contributed by atoms with Gasteiger partial charge in [0, 0.05) is 26.0 Å². The van der Waals surface area contributed by atoms with Gasteiger partial charge >= 0.3 is 0 Å². The van der Waals surface area contributed by atoms with E-state index in [9.17, 15) is 4.39 Å². The summed E-state index contributed by atoms with van der Waals surface area (Å²) in [7, 11) is 1.68. The van der Waals surface area contributed by atoms with E-state index in [-0.39, 0.29) is 5.82 Å². The summed E-state index contributed by atoms with van der Waals surface area (Å²) in [5.74, 6) is 0.106. The fraction of sp³-hybridized carbons (Fsp3) is 0.300. The first-order chi connectivity index (χ1) is 8.29. The van der Waals surface area contributed by atoms with Gasteiger partial charge in [-0.25, -0.2) is 9.37 Å². The highest BCUT2D eigenvalue weighted by Gasteiger charge is 2.05. The van der Waals surface area contributed by atoms with Gasteiger partial charge in [0.15, 0.2) is 11.6 Å². The average Bonchev–Trinajstić information content (AvgIpc) is 2.84. The van der Waals surface area contributed by atoms with Crippen molar-refractivity contribution in [3.8, 4) is 0 Å². The standard InChI is InChI=1S/C10H13FN6/c1-12-10-14-7-8(11)9(16-10)13-4-6-17-5-2-3-15-17/h2-3,5,7H,4,6H2,1H3,(H2,12,13,14,16). The van der Waals surface area contributed by atoms with Crippen molar-refractivity contribution in [2.75, 3.05) is 24.2 Å². The lowest BCUT2D eigenvalue weighted by Gasteiger charge is -2.07. The molecule has 0 saturated carbocycles. The normalized spacial score (nSPS) is 10.2. The second-order valence-corrected chi connectivity index (χ2v) is 3.34. The topological polar surface area (TPSA) is 67.7 Å². The molecule has 0 atom stereocenters. The SMILES string of the molecule is CNc1ncc(F)c(NCCn2cccn2)n1. The molecule has 2 rings (SSSR count). The van der Waals surface area contributed by atoms with Crippen LogP contribution in [0.4, 0.5) is 16.2 Å². The summed E-state index contributed by atoms with van der Waals surface area (Å²) in [6.45, 7) is 1.18. The predicted molar refractivity (Wildman–Crippen MR) is 62.3 cm³/mol. The van der Waals surface area contributed by atoms with E-state index in [1.165, 1.54) is 0 Å². The van der Waals surface area contributed by atoms with E-state index in [0.29, 0.717) is 19.0 Å². The van der Waals surface area contributed by atoms with Crippen molar-refractivity contribution in [1.29, 1.82) is 0 Å². The number of nitrogens with one attached hydrogen (secondary N) is 2. The van der Waals surface area contributed by atoms with Crippen LogP contribution in [0.5, 0.6) is 0 Å². The lowest BCUT2D eigenvalue weighted by Crippen LogP contribution is -2.13. The molecule has 2 aromatic heterocycles. The van der Waals surface area contributed by atoms with Crippen LogP contribution in [-0.2, 0) is 6.54 Å². The highest BCUT2D eigenvalue weighted by atomic mass is 19.1. The Morgan fingerprint density at radius 1 is 1.47 bits per heavy atom. The van der Waals surface area contributed by atoms with Crippen LogP contribution in [0.3, 0.4) is 0 Å². The Hall–Kier alpha value is -2.18. The Kier molecular flexibility index (Phi) is 3.49. The first-order valence-corrected chi connectivity index (χ1v) is 5.21. The monoisotopic (exact) mass is 236 g/mol. The summed E-state index contributed by atoms with van der Waals surface area (Å²) in [4.78, 5) is 7.73. The molecule has 6 nitrogen and oxygen atoms in total. The van der Waals surface area contributed by atoms with Gasteiger partial charge in [-0.1, -0.05) is 0 Å². The van der Waals surface area contributed by atoms with E-state index in [2.05, 4.69) is 25.7 Å². The average molecular weight is 236 g/mol. The zero-order valence-electron chi connectivity index (χ0n) is 9.39. The Morgan fingerprint density at radius 2 is 2.35 bits per heavy atom. The van der Waals surface area contributed by atoms with Crippen LogP contribution in [0.15, 0.2) is 24.7 Å². The van der Waals surface area contributed by atoms with Gasteiger partial charge in [0.1, 0.15) is 0 Å². The molecular weight excluding hydrogens is 223 g/mol. The van der Waals surface area contributed by atoms with Gasteiger partial charge < -0.3 is 10.6 Å². The zero-order valence-corrected chi connectivity index (χ0v) is 9.39. The largest absolute Gasteiger partial charge is 0.366 e. The maximum Gasteiger partial charge on any atom is 0.224 e. The molecule has 0 aliphatic heterocycles. The Bertz CT molecular complexity index is 470. The maximum atomic E-state index is 13.3. The van der Waals surface area contributed by atoms with E-state index >= 15 is 0 Å². The van der Waals surface area contributed by atoms with E-state index < -0.39 is 5.82 Å². The number of rotatable bonds is 5. The quantitative estimate of drug-likeness (QED) is 0.809. The smallest absolute Gasteiger partial charge is 0.224 e. The molecule has 90 valence electrons. The minimum absolute atomic E-state index is 0.191. The first-order valence-electron chi connectivity index (χ1n) is 5.21.